The molecular formula is C23H22N6OS. The van der Waals surface area contributed by atoms with Crippen molar-refractivity contribution >= 4 is 22.4 Å². The molecule has 2 aromatic carbocycles. The first-order valence-electron chi connectivity index (χ1n) is 10.3. The lowest BCUT2D eigenvalue weighted by Crippen LogP contribution is -2.18. The summed E-state index contributed by atoms with van der Waals surface area (Å²) in [5.74, 6) is 0.954. The second-order valence-corrected chi connectivity index (χ2v) is 9.15. The summed E-state index contributed by atoms with van der Waals surface area (Å²) >= 11 is 1.37. The molecule has 1 aliphatic rings. The van der Waals surface area contributed by atoms with E-state index in [0.29, 0.717) is 11.0 Å². The molecule has 0 unspecified atom stereocenters. The molecule has 0 radical (unpaired) electrons. The SMILES string of the molecule is CC(C)(c1ccccc1)c1nnc(NC(=O)c2nc(C3CC3)n(-c3ccccc3)n2)s1. The molecule has 31 heavy (non-hydrogen) atoms. The minimum absolute atomic E-state index is 0.143. The second kappa shape index (κ2) is 7.70. The highest BCUT2D eigenvalue weighted by Gasteiger charge is 2.32. The van der Waals surface area contributed by atoms with E-state index >= 15 is 0 Å². The van der Waals surface area contributed by atoms with Gasteiger partial charge in [-0.15, -0.1) is 15.3 Å². The normalized spacial score (nSPS) is 13.9. The molecule has 1 saturated carbocycles. The zero-order chi connectivity index (χ0) is 21.4. The van der Waals surface area contributed by atoms with Crippen molar-refractivity contribution in [2.75, 3.05) is 5.32 Å². The number of carbonyl (C=O) groups is 1. The number of hydrogen-bond acceptors (Lipinski definition) is 6. The zero-order valence-corrected chi connectivity index (χ0v) is 18.1. The van der Waals surface area contributed by atoms with Crippen molar-refractivity contribution in [2.24, 2.45) is 0 Å². The fourth-order valence-corrected chi connectivity index (χ4v) is 4.31. The molecule has 2 aromatic heterocycles. The summed E-state index contributed by atoms with van der Waals surface area (Å²) < 4.78 is 1.77. The van der Waals surface area contributed by atoms with Gasteiger partial charge in [-0.2, -0.15) is 0 Å². The predicted octanol–water partition coefficient (Wildman–Crippen LogP) is 4.57. The molecule has 8 heteroatoms. The van der Waals surface area contributed by atoms with Gasteiger partial charge in [0.25, 0.3) is 5.91 Å². The van der Waals surface area contributed by atoms with Gasteiger partial charge in [0, 0.05) is 11.3 Å². The maximum absolute atomic E-state index is 12.9. The molecule has 1 fully saturated rings. The zero-order valence-electron chi connectivity index (χ0n) is 17.3. The highest BCUT2D eigenvalue weighted by atomic mass is 32.1. The Bertz CT molecular complexity index is 1210. The van der Waals surface area contributed by atoms with Crippen LogP contribution in [-0.4, -0.2) is 30.9 Å². The Morgan fingerprint density at radius 3 is 2.39 bits per heavy atom. The largest absolute Gasteiger partial charge is 0.297 e. The first kappa shape index (κ1) is 19.6. The van der Waals surface area contributed by atoms with E-state index in [4.69, 9.17) is 0 Å². The number of para-hydroxylation sites is 1. The van der Waals surface area contributed by atoms with E-state index in [-0.39, 0.29) is 17.1 Å². The van der Waals surface area contributed by atoms with Gasteiger partial charge in [-0.3, -0.25) is 10.1 Å². The minimum atomic E-state index is -0.378. The van der Waals surface area contributed by atoms with Crippen LogP contribution in [0, 0.1) is 0 Å². The van der Waals surface area contributed by atoms with E-state index in [9.17, 15) is 4.79 Å². The lowest BCUT2D eigenvalue weighted by Gasteiger charge is -2.21. The Morgan fingerprint density at radius 1 is 1.03 bits per heavy atom. The fraction of sp³-hybridized carbons (Fsp3) is 0.261. The number of anilines is 1. The van der Waals surface area contributed by atoms with Gasteiger partial charge >= 0.3 is 0 Å². The van der Waals surface area contributed by atoms with Gasteiger partial charge in [0.15, 0.2) is 0 Å². The van der Waals surface area contributed by atoms with Gasteiger partial charge < -0.3 is 0 Å². The van der Waals surface area contributed by atoms with Crippen molar-refractivity contribution in [1.82, 2.24) is 25.0 Å². The number of nitrogens with one attached hydrogen (secondary N) is 1. The van der Waals surface area contributed by atoms with E-state index in [0.717, 1.165) is 34.9 Å². The molecule has 156 valence electrons. The summed E-state index contributed by atoms with van der Waals surface area (Å²) in [5.41, 5.74) is 1.73. The summed E-state index contributed by atoms with van der Waals surface area (Å²) in [4.78, 5) is 17.4. The number of nitrogens with zero attached hydrogens (tertiary/aromatic N) is 5. The molecule has 1 aliphatic carbocycles. The predicted molar refractivity (Wildman–Crippen MR) is 120 cm³/mol. The van der Waals surface area contributed by atoms with Crippen LogP contribution in [0.3, 0.4) is 0 Å². The molecule has 0 atom stereocenters. The molecule has 0 bridgehead atoms. The quantitative estimate of drug-likeness (QED) is 0.484. The van der Waals surface area contributed by atoms with Gasteiger partial charge in [-0.05, 0) is 44.4 Å². The van der Waals surface area contributed by atoms with E-state index in [1.165, 1.54) is 11.3 Å². The molecule has 0 spiro atoms. The number of aromatic nitrogens is 5. The van der Waals surface area contributed by atoms with E-state index < -0.39 is 0 Å². The number of rotatable bonds is 6. The van der Waals surface area contributed by atoms with Crippen molar-refractivity contribution in [2.45, 2.75) is 38.0 Å². The lowest BCUT2D eigenvalue weighted by molar-refractivity contribution is 0.101. The van der Waals surface area contributed by atoms with Gasteiger partial charge in [0.2, 0.25) is 11.0 Å². The average Bonchev–Trinajstić information content (AvgIpc) is 3.35. The molecule has 0 saturated heterocycles. The smallest absolute Gasteiger partial charge is 0.294 e. The van der Waals surface area contributed by atoms with Crippen molar-refractivity contribution in [3.8, 4) is 5.69 Å². The van der Waals surface area contributed by atoms with Crippen LogP contribution in [0.5, 0.6) is 0 Å². The van der Waals surface area contributed by atoms with Crippen molar-refractivity contribution in [3.05, 3.63) is 82.9 Å². The lowest BCUT2D eigenvalue weighted by atomic mass is 9.85. The van der Waals surface area contributed by atoms with E-state index in [1.807, 2.05) is 48.5 Å². The van der Waals surface area contributed by atoms with Crippen molar-refractivity contribution in [3.63, 3.8) is 0 Å². The van der Waals surface area contributed by atoms with Gasteiger partial charge in [0.1, 0.15) is 10.8 Å². The molecule has 7 nitrogen and oxygen atoms in total. The monoisotopic (exact) mass is 430 g/mol. The Morgan fingerprint density at radius 2 is 1.71 bits per heavy atom. The average molecular weight is 431 g/mol. The minimum Gasteiger partial charge on any atom is -0.294 e. The number of hydrogen-bond donors (Lipinski definition) is 1. The number of amides is 1. The van der Waals surface area contributed by atoms with E-state index in [1.54, 1.807) is 4.68 Å². The summed E-state index contributed by atoms with van der Waals surface area (Å²) in [6.07, 6.45) is 2.14. The van der Waals surface area contributed by atoms with Crippen LogP contribution in [0.4, 0.5) is 5.13 Å². The highest BCUT2D eigenvalue weighted by molar-refractivity contribution is 7.15. The Kier molecular flexibility index (Phi) is 4.86. The summed E-state index contributed by atoms with van der Waals surface area (Å²) in [5, 5.41) is 17.1. The number of carbonyl (C=O) groups excluding carboxylic acids is 1. The molecule has 1 amide bonds. The first-order chi connectivity index (χ1) is 15.0. The molecule has 0 aliphatic heterocycles. The van der Waals surface area contributed by atoms with Gasteiger partial charge in [-0.25, -0.2) is 9.67 Å². The number of benzene rings is 2. The Labute approximate surface area is 184 Å². The van der Waals surface area contributed by atoms with Crippen LogP contribution in [0.25, 0.3) is 5.69 Å². The standard InChI is InChI=1S/C23H22N6OS/c1-23(2,16-9-5-3-6-10-16)21-26-27-22(31-21)25-20(30)18-24-19(15-13-14-15)29(28-18)17-11-7-4-8-12-17/h3-12,15H,13-14H2,1-2H3,(H,25,27,30). The second-order valence-electron chi connectivity index (χ2n) is 8.17. The van der Waals surface area contributed by atoms with Crippen LogP contribution >= 0.6 is 11.3 Å². The summed E-state index contributed by atoms with van der Waals surface area (Å²) in [6, 6.07) is 19.9. The van der Waals surface area contributed by atoms with Crippen LogP contribution in [0.2, 0.25) is 0 Å². The molecule has 4 aromatic rings. The van der Waals surface area contributed by atoms with Crippen molar-refractivity contribution in [1.29, 1.82) is 0 Å². The fourth-order valence-electron chi connectivity index (χ4n) is 3.44. The van der Waals surface area contributed by atoms with Crippen LogP contribution in [0.15, 0.2) is 60.7 Å². The highest BCUT2D eigenvalue weighted by Crippen LogP contribution is 2.40. The van der Waals surface area contributed by atoms with Crippen LogP contribution in [0.1, 0.15) is 59.6 Å². The summed E-state index contributed by atoms with van der Waals surface area (Å²) in [6.45, 7) is 4.19. The third-order valence-corrected chi connectivity index (χ3v) is 6.62. The van der Waals surface area contributed by atoms with Gasteiger partial charge in [-0.1, -0.05) is 59.9 Å². The Balaban J connectivity index is 1.38. The molecule has 5 rings (SSSR count). The Hall–Kier alpha value is -3.39. The third-order valence-electron chi connectivity index (χ3n) is 5.45. The first-order valence-corrected chi connectivity index (χ1v) is 11.1. The maximum Gasteiger partial charge on any atom is 0.297 e. The van der Waals surface area contributed by atoms with Gasteiger partial charge in [0.05, 0.1) is 5.69 Å². The van der Waals surface area contributed by atoms with E-state index in [2.05, 4.69) is 51.6 Å². The van der Waals surface area contributed by atoms with Crippen LogP contribution < -0.4 is 5.32 Å². The molecule has 1 N–H and O–H groups in total. The third kappa shape index (κ3) is 3.86. The molecule has 2 heterocycles. The molecular weight excluding hydrogens is 408 g/mol. The van der Waals surface area contributed by atoms with Crippen molar-refractivity contribution < 1.29 is 4.79 Å². The topological polar surface area (TPSA) is 85.6 Å². The summed E-state index contributed by atoms with van der Waals surface area (Å²) in [7, 11) is 0. The maximum atomic E-state index is 12.9. The van der Waals surface area contributed by atoms with Crippen LogP contribution in [-0.2, 0) is 5.41 Å².